The van der Waals surface area contributed by atoms with Gasteiger partial charge in [0.1, 0.15) is 29.4 Å². The molecule has 0 atom stereocenters. The van der Waals surface area contributed by atoms with Gasteiger partial charge in [-0.15, -0.1) is 0 Å². The number of nitrogens with zero attached hydrogens (tertiary/aromatic N) is 2. The number of aromatic nitrogens is 4. The number of nitrogens with one attached hydrogen (secondary N) is 3. The molecule has 4 aromatic carbocycles. The molecule has 0 saturated heterocycles. The van der Waals surface area contributed by atoms with Crippen LogP contribution in [0.3, 0.4) is 0 Å². The van der Waals surface area contributed by atoms with Crippen LogP contribution in [-0.4, -0.2) is 63.1 Å². The number of Topliss-reactive ketones (excluding diaryl/α,β-unsaturated/α-hetero) is 2. The number of halogens is 2. The lowest BCUT2D eigenvalue weighted by Crippen LogP contribution is -2.22. The van der Waals surface area contributed by atoms with Crippen LogP contribution in [0.15, 0.2) is 97.3 Å². The quantitative estimate of drug-likeness (QED) is 0.0615. The van der Waals surface area contributed by atoms with Gasteiger partial charge in [0.15, 0.2) is 11.6 Å². The number of aldehydes is 1. The van der Waals surface area contributed by atoms with Gasteiger partial charge >= 0.3 is 0 Å². The largest absolute Gasteiger partial charge is 0.489 e. The number of ketones is 2. The second-order valence-corrected chi connectivity index (χ2v) is 18.3. The Morgan fingerprint density at radius 2 is 1.11 bits per heavy atom. The van der Waals surface area contributed by atoms with E-state index in [4.69, 9.17) is 38.4 Å². The summed E-state index contributed by atoms with van der Waals surface area (Å²) >= 11 is 12.2. The molecular weight excluding hydrogens is 835 g/mol. The number of imidazole rings is 2. The van der Waals surface area contributed by atoms with Crippen LogP contribution >= 0.6 is 23.2 Å². The van der Waals surface area contributed by atoms with Gasteiger partial charge < -0.3 is 30.5 Å². The van der Waals surface area contributed by atoms with Gasteiger partial charge in [0.05, 0.1) is 59.1 Å². The van der Waals surface area contributed by atoms with Crippen molar-refractivity contribution in [2.45, 2.75) is 98.8 Å². The van der Waals surface area contributed by atoms with E-state index in [1.807, 2.05) is 52.2 Å². The van der Waals surface area contributed by atoms with Gasteiger partial charge in [0.2, 0.25) is 0 Å². The normalized spacial score (nSPS) is 11.3. The van der Waals surface area contributed by atoms with Crippen molar-refractivity contribution in [1.82, 2.24) is 25.3 Å². The van der Waals surface area contributed by atoms with E-state index >= 15 is 0 Å². The van der Waals surface area contributed by atoms with Crippen LogP contribution < -0.4 is 20.5 Å². The minimum absolute atomic E-state index is 0.0122. The molecule has 0 unspecified atom stereocenters. The maximum absolute atomic E-state index is 12.5. The highest BCUT2D eigenvalue weighted by Crippen LogP contribution is 2.29. The molecule has 334 valence electrons. The lowest BCUT2D eigenvalue weighted by Gasteiger charge is -2.14. The smallest absolute Gasteiger partial charge is 0.176 e. The molecule has 13 heteroatoms. The summed E-state index contributed by atoms with van der Waals surface area (Å²) in [5.74, 6) is 2.96. The zero-order chi connectivity index (χ0) is 46.5. The van der Waals surface area contributed by atoms with Crippen LogP contribution in [0.25, 0.3) is 22.5 Å². The Labute approximate surface area is 381 Å². The number of hydrogen-bond donors (Lipinski definition) is 4. The summed E-state index contributed by atoms with van der Waals surface area (Å²) in [6.07, 6.45) is 4.63. The van der Waals surface area contributed by atoms with E-state index in [9.17, 15) is 14.4 Å². The molecule has 5 N–H and O–H groups in total. The molecule has 11 nitrogen and oxygen atoms in total. The predicted molar refractivity (Wildman–Crippen MR) is 255 cm³/mol. The Balaban J connectivity index is 0.000000229. The SMILES string of the molecule is CC(C)(C)c1ncc(-c2ccc(C=O)cc2)[nH]1.CC(C)Oc1ccc(C(=O)CN)cc1Cl.CC(C)Oc1ccc(C(=O)CNCc2ccc(-c3cnc(C(C)(C)C)[nH]3)cc2)cc1Cl. The van der Waals surface area contributed by atoms with E-state index in [1.54, 1.807) is 48.5 Å². The zero-order valence-corrected chi connectivity index (χ0v) is 39.4. The van der Waals surface area contributed by atoms with Crippen LogP contribution in [0, 0.1) is 0 Å². The van der Waals surface area contributed by atoms with Gasteiger partial charge in [-0.2, -0.15) is 0 Å². The molecule has 6 aromatic rings. The summed E-state index contributed by atoms with van der Waals surface area (Å²) in [7, 11) is 0. The van der Waals surface area contributed by atoms with Crippen LogP contribution in [0.5, 0.6) is 11.5 Å². The molecule has 6 rings (SSSR count). The molecule has 0 radical (unpaired) electrons. The van der Waals surface area contributed by atoms with E-state index in [1.165, 1.54) is 0 Å². The minimum atomic E-state index is -0.131. The molecular formula is C50H60Cl2N6O5. The van der Waals surface area contributed by atoms with Crippen molar-refractivity contribution in [3.8, 4) is 34.0 Å². The standard InChI is InChI=1S/C25H30ClN3O2.C14H16N2O.C11H14ClNO2/c1-16(2)31-23-11-10-19(12-20(23)26)22(30)15-27-13-17-6-8-18(9-7-17)21-14-28-24(29-21)25(3,4)5;1-14(2,3)13-15-8-12(16-13)11-6-4-10(9-17)5-7-11;1-7(2)15-11-4-3-8(5-9(11)12)10(14)6-13/h6-12,14,16,27H,13,15H2,1-5H3,(H,28,29);4-9H,1-3H3,(H,15,16);3-5,7H,6,13H2,1-2H3. The predicted octanol–water partition coefficient (Wildman–Crippen LogP) is 11.2. The van der Waals surface area contributed by atoms with Gasteiger partial charge in [-0.25, -0.2) is 9.97 Å². The fourth-order valence-corrected chi connectivity index (χ4v) is 6.28. The lowest BCUT2D eigenvalue weighted by atomic mass is 9.96. The van der Waals surface area contributed by atoms with Crippen molar-refractivity contribution >= 4 is 41.1 Å². The number of carbonyl (C=O) groups excluding carboxylic acids is 3. The number of rotatable bonds is 14. The number of ether oxygens (including phenoxy) is 2. The summed E-state index contributed by atoms with van der Waals surface area (Å²) in [6.45, 7) is 21.3. The third kappa shape index (κ3) is 15.3. The summed E-state index contributed by atoms with van der Waals surface area (Å²) < 4.78 is 11.1. The van der Waals surface area contributed by atoms with Crippen LogP contribution in [-0.2, 0) is 17.4 Å². The molecule has 0 spiro atoms. The maximum atomic E-state index is 12.5. The summed E-state index contributed by atoms with van der Waals surface area (Å²) in [4.78, 5) is 49.9. The molecule has 0 aliphatic heterocycles. The zero-order valence-electron chi connectivity index (χ0n) is 37.9. The Bertz CT molecular complexity index is 2430. The second-order valence-electron chi connectivity index (χ2n) is 17.5. The van der Waals surface area contributed by atoms with E-state index in [0.29, 0.717) is 44.8 Å². The third-order valence-electron chi connectivity index (χ3n) is 9.23. The van der Waals surface area contributed by atoms with Crippen molar-refractivity contribution in [1.29, 1.82) is 0 Å². The first-order valence-electron chi connectivity index (χ1n) is 20.8. The first-order valence-corrected chi connectivity index (χ1v) is 21.6. The third-order valence-corrected chi connectivity index (χ3v) is 9.82. The van der Waals surface area contributed by atoms with E-state index in [0.717, 1.165) is 46.0 Å². The topological polar surface area (TPSA) is 165 Å². The number of hydrogen-bond acceptors (Lipinski definition) is 9. The second kappa shape index (κ2) is 22.7. The van der Waals surface area contributed by atoms with Crippen LogP contribution in [0.2, 0.25) is 10.0 Å². The number of aromatic amines is 2. The van der Waals surface area contributed by atoms with E-state index < -0.39 is 0 Å². The summed E-state index contributed by atoms with van der Waals surface area (Å²) in [6, 6.07) is 25.8. The van der Waals surface area contributed by atoms with Gasteiger partial charge in [0.25, 0.3) is 0 Å². The van der Waals surface area contributed by atoms with Gasteiger partial charge in [-0.3, -0.25) is 14.4 Å². The monoisotopic (exact) mass is 894 g/mol. The molecule has 0 bridgehead atoms. The number of nitrogens with two attached hydrogens (primary N) is 1. The molecule has 0 aliphatic rings. The van der Waals surface area contributed by atoms with Crippen molar-refractivity contribution in [2.75, 3.05) is 13.1 Å². The molecule has 2 heterocycles. The van der Waals surface area contributed by atoms with Crippen molar-refractivity contribution in [3.05, 3.63) is 141 Å². The number of benzene rings is 4. The molecule has 0 fully saturated rings. The molecule has 0 aliphatic carbocycles. The fourth-order valence-electron chi connectivity index (χ4n) is 5.83. The first kappa shape index (κ1) is 50.1. The Hall–Kier alpha value is -5.59. The summed E-state index contributed by atoms with van der Waals surface area (Å²) in [5, 5.41) is 4.09. The highest BCUT2D eigenvalue weighted by atomic mass is 35.5. The molecule has 0 saturated carbocycles. The maximum Gasteiger partial charge on any atom is 0.176 e. The average molecular weight is 896 g/mol. The van der Waals surface area contributed by atoms with Crippen molar-refractivity contribution < 1.29 is 23.9 Å². The van der Waals surface area contributed by atoms with Gasteiger partial charge in [0, 0.05) is 34.1 Å². The number of H-pyrrole nitrogens is 2. The Kier molecular flexibility index (Phi) is 18.0. The molecule has 63 heavy (non-hydrogen) atoms. The van der Waals surface area contributed by atoms with Crippen molar-refractivity contribution in [3.63, 3.8) is 0 Å². The average Bonchev–Trinajstić information content (AvgIpc) is 3.95. The summed E-state index contributed by atoms with van der Waals surface area (Å²) in [5.41, 5.74) is 12.2. The van der Waals surface area contributed by atoms with E-state index in [2.05, 4.69) is 91.1 Å². The van der Waals surface area contributed by atoms with Gasteiger partial charge in [-0.05, 0) is 80.8 Å². The fraction of sp³-hybridized carbons (Fsp3) is 0.340. The Morgan fingerprint density at radius 1 is 0.683 bits per heavy atom. The van der Waals surface area contributed by atoms with Crippen LogP contribution in [0.1, 0.15) is 118 Å². The highest BCUT2D eigenvalue weighted by molar-refractivity contribution is 6.32. The molecule has 0 amide bonds. The minimum Gasteiger partial charge on any atom is -0.489 e. The first-order chi connectivity index (χ1) is 29.7. The van der Waals surface area contributed by atoms with E-state index in [-0.39, 0.29) is 47.7 Å². The highest BCUT2D eigenvalue weighted by Gasteiger charge is 2.19. The van der Waals surface area contributed by atoms with Crippen molar-refractivity contribution in [2.24, 2.45) is 5.73 Å². The molecule has 2 aromatic heterocycles. The Morgan fingerprint density at radius 3 is 1.48 bits per heavy atom. The van der Waals surface area contributed by atoms with Crippen LogP contribution in [0.4, 0.5) is 0 Å². The van der Waals surface area contributed by atoms with Gasteiger partial charge in [-0.1, -0.05) is 113 Å². The lowest BCUT2D eigenvalue weighted by molar-refractivity contribution is 0.0986. The number of carbonyl (C=O) groups is 3.